The van der Waals surface area contributed by atoms with Gasteiger partial charge in [-0.15, -0.1) is 0 Å². The van der Waals surface area contributed by atoms with Gasteiger partial charge in [0.1, 0.15) is 0 Å². The molecule has 146 valence electrons. The summed E-state index contributed by atoms with van der Waals surface area (Å²) in [5.41, 5.74) is 11.6. The second-order valence-electron chi connectivity index (χ2n) is 7.31. The van der Waals surface area contributed by atoms with Gasteiger partial charge in [0.25, 0.3) is 5.69 Å². The predicted octanol–water partition coefficient (Wildman–Crippen LogP) is 3.76. The zero-order chi connectivity index (χ0) is 20.4. The van der Waals surface area contributed by atoms with E-state index in [2.05, 4.69) is 6.07 Å². The van der Waals surface area contributed by atoms with Crippen LogP contribution in [0.4, 0.5) is 5.69 Å². The molecular formula is C22H21N5O2. The molecular weight excluding hydrogens is 366 g/mol. The van der Waals surface area contributed by atoms with Gasteiger partial charge in [0.2, 0.25) is 0 Å². The van der Waals surface area contributed by atoms with Crippen molar-refractivity contribution >= 4 is 5.69 Å². The lowest BCUT2D eigenvalue weighted by Gasteiger charge is -2.23. The largest absolute Gasteiger partial charge is 0.330 e. The minimum absolute atomic E-state index is 0.0537. The Morgan fingerprint density at radius 3 is 2.76 bits per heavy atom. The summed E-state index contributed by atoms with van der Waals surface area (Å²) in [7, 11) is 0. The fourth-order valence-corrected chi connectivity index (χ4v) is 4.07. The first-order chi connectivity index (χ1) is 14.1. The molecule has 0 spiro atoms. The summed E-state index contributed by atoms with van der Waals surface area (Å²) in [5.74, 6) is 0.197. The van der Waals surface area contributed by atoms with E-state index in [9.17, 15) is 10.1 Å². The summed E-state index contributed by atoms with van der Waals surface area (Å²) in [6, 6.07) is 16.2. The molecule has 2 aromatic carbocycles. The maximum absolute atomic E-state index is 11.2. The first kappa shape index (κ1) is 18.8. The second-order valence-corrected chi connectivity index (χ2v) is 7.31. The molecule has 2 N–H and O–H groups in total. The van der Waals surface area contributed by atoms with Crippen LogP contribution in [0.3, 0.4) is 0 Å². The minimum atomic E-state index is -0.385. The third kappa shape index (κ3) is 3.62. The Morgan fingerprint density at radius 2 is 2.07 bits per heavy atom. The van der Waals surface area contributed by atoms with Crippen LogP contribution >= 0.6 is 0 Å². The van der Waals surface area contributed by atoms with E-state index in [4.69, 9.17) is 16.1 Å². The van der Waals surface area contributed by atoms with E-state index in [0.29, 0.717) is 18.7 Å². The van der Waals surface area contributed by atoms with Crippen LogP contribution in [0.25, 0.3) is 11.3 Å². The monoisotopic (exact) mass is 387 g/mol. The number of benzene rings is 2. The molecule has 1 atom stereocenters. The summed E-state index contributed by atoms with van der Waals surface area (Å²) in [5, 5.41) is 25.1. The summed E-state index contributed by atoms with van der Waals surface area (Å²) in [6.45, 7) is 1.11. The number of nitro groups is 1. The van der Waals surface area contributed by atoms with Gasteiger partial charge < -0.3 is 5.73 Å². The van der Waals surface area contributed by atoms with Crippen LogP contribution in [0.5, 0.6) is 0 Å². The van der Waals surface area contributed by atoms with Crippen LogP contribution in [0.15, 0.2) is 48.5 Å². The number of rotatable bonds is 5. The molecule has 0 bridgehead atoms. The molecule has 1 aromatic heterocycles. The highest BCUT2D eigenvalue weighted by Gasteiger charge is 2.29. The van der Waals surface area contributed by atoms with Gasteiger partial charge in [-0.05, 0) is 43.5 Å². The van der Waals surface area contributed by atoms with Crippen molar-refractivity contribution < 1.29 is 4.92 Å². The molecule has 1 aliphatic carbocycles. The van der Waals surface area contributed by atoms with Crippen LogP contribution in [-0.4, -0.2) is 21.2 Å². The predicted molar refractivity (Wildman–Crippen MR) is 109 cm³/mol. The highest BCUT2D eigenvalue weighted by Crippen LogP contribution is 2.39. The van der Waals surface area contributed by atoms with E-state index in [0.717, 1.165) is 47.3 Å². The molecule has 0 amide bonds. The molecule has 0 radical (unpaired) electrons. The first-order valence-electron chi connectivity index (χ1n) is 9.64. The Kier molecular flexibility index (Phi) is 5.10. The molecule has 7 nitrogen and oxygen atoms in total. The maximum atomic E-state index is 11.2. The van der Waals surface area contributed by atoms with Gasteiger partial charge in [-0.2, -0.15) is 10.4 Å². The van der Waals surface area contributed by atoms with Gasteiger partial charge >= 0.3 is 0 Å². The van der Waals surface area contributed by atoms with Crippen LogP contribution < -0.4 is 5.73 Å². The van der Waals surface area contributed by atoms with Crippen molar-refractivity contribution in [3.05, 3.63) is 81.0 Å². The highest BCUT2D eigenvalue weighted by molar-refractivity contribution is 5.68. The highest BCUT2D eigenvalue weighted by atomic mass is 16.6. The molecule has 1 aliphatic rings. The van der Waals surface area contributed by atoms with Gasteiger partial charge in [-0.3, -0.25) is 14.8 Å². The second kappa shape index (κ2) is 7.86. The van der Waals surface area contributed by atoms with Crippen molar-refractivity contribution in [3.63, 3.8) is 0 Å². The number of hydrogen-bond donors (Lipinski definition) is 1. The minimum Gasteiger partial charge on any atom is -0.330 e. The van der Waals surface area contributed by atoms with Crippen molar-refractivity contribution in [2.24, 2.45) is 5.73 Å². The lowest BCUT2D eigenvalue weighted by atomic mass is 9.84. The van der Waals surface area contributed by atoms with Crippen LogP contribution in [0.2, 0.25) is 0 Å². The van der Waals surface area contributed by atoms with Gasteiger partial charge in [-0.1, -0.05) is 24.3 Å². The summed E-state index contributed by atoms with van der Waals surface area (Å²) in [6.07, 6.45) is 2.94. The fourth-order valence-electron chi connectivity index (χ4n) is 4.07. The molecule has 29 heavy (non-hydrogen) atoms. The average molecular weight is 387 g/mol. The van der Waals surface area contributed by atoms with Crippen molar-refractivity contribution in [1.29, 1.82) is 5.26 Å². The molecule has 1 unspecified atom stereocenters. The third-order valence-electron chi connectivity index (χ3n) is 5.50. The van der Waals surface area contributed by atoms with E-state index in [1.807, 2.05) is 22.9 Å². The number of nitriles is 1. The van der Waals surface area contributed by atoms with Gasteiger partial charge in [0.15, 0.2) is 0 Å². The number of aromatic nitrogens is 2. The Bertz CT molecular complexity index is 1100. The first-order valence-corrected chi connectivity index (χ1v) is 9.64. The molecule has 0 aliphatic heterocycles. The van der Waals surface area contributed by atoms with Gasteiger partial charge in [0.05, 0.1) is 28.8 Å². The summed E-state index contributed by atoms with van der Waals surface area (Å²) < 4.78 is 1.99. The number of nitro benzene ring substituents is 1. The zero-order valence-electron chi connectivity index (χ0n) is 15.9. The third-order valence-corrected chi connectivity index (χ3v) is 5.50. The van der Waals surface area contributed by atoms with Crippen LogP contribution in [0, 0.1) is 21.4 Å². The van der Waals surface area contributed by atoms with Crippen molar-refractivity contribution in [1.82, 2.24) is 9.78 Å². The fraction of sp³-hybridized carbons (Fsp3) is 0.273. The Morgan fingerprint density at radius 1 is 1.28 bits per heavy atom. The molecule has 7 heteroatoms. The number of nitrogens with two attached hydrogens (primary N) is 1. The topological polar surface area (TPSA) is 111 Å². The Hall–Kier alpha value is -3.50. The Balaban J connectivity index is 1.80. The number of fused-ring (bicyclic) bond motifs is 1. The molecule has 0 saturated heterocycles. The lowest BCUT2D eigenvalue weighted by molar-refractivity contribution is -0.384. The summed E-state index contributed by atoms with van der Waals surface area (Å²) >= 11 is 0. The van der Waals surface area contributed by atoms with E-state index in [1.54, 1.807) is 24.3 Å². The van der Waals surface area contributed by atoms with Crippen LogP contribution in [-0.2, 0) is 13.0 Å². The van der Waals surface area contributed by atoms with E-state index < -0.39 is 0 Å². The molecule has 0 saturated carbocycles. The zero-order valence-corrected chi connectivity index (χ0v) is 15.9. The number of hydrogen-bond acceptors (Lipinski definition) is 5. The smallest absolute Gasteiger partial charge is 0.270 e. The number of non-ortho nitro benzene ring substituents is 1. The lowest BCUT2D eigenvalue weighted by Crippen LogP contribution is -2.19. The van der Waals surface area contributed by atoms with E-state index in [-0.39, 0.29) is 16.5 Å². The standard InChI is InChI=1S/C22H21N5O2/c23-12-15-7-9-16(10-8-15)14-26-20-6-2-4-18(13-24)21(20)22(25-26)17-3-1-5-19(11-17)27(28)29/h1,3,5,7-11,18H,2,4,6,13-14,24H2. The van der Waals surface area contributed by atoms with E-state index in [1.165, 1.54) is 6.07 Å². The molecule has 0 fully saturated rings. The normalized spacial score (nSPS) is 15.5. The van der Waals surface area contributed by atoms with Gasteiger partial charge in [-0.25, -0.2) is 0 Å². The van der Waals surface area contributed by atoms with Crippen molar-refractivity contribution in [3.8, 4) is 17.3 Å². The number of nitrogens with zero attached hydrogens (tertiary/aromatic N) is 4. The van der Waals surface area contributed by atoms with Gasteiger partial charge in [0, 0.05) is 34.9 Å². The SMILES string of the molecule is N#Cc1ccc(Cn2nc(-c3cccc([N+](=O)[O-])c3)c3c2CCCC3CN)cc1. The van der Waals surface area contributed by atoms with Crippen molar-refractivity contribution in [2.75, 3.05) is 6.54 Å². The maximum Gasteiger partial charge on any atom is 0.270 e. The van der Waals surface area contributed by atoms with E-state index >= 15 is 0 Å². The molecule has 4 rings (SSSR count). The molecule has 3 aromatic rings. The molecule has 1 heterocycles. The summed E-state index contributed by atoms with van der Waals surface area (Å²) in [4.78, 5) is 10.8. The average Bonchev–Trinajstić information content (AvgIpc) is 3.13. The quantitative estimate of drug-likeness (QED) is 0.529. The Labute approximate surface area is 168 Å². The van der Waals surface area contributed by atoms with Crippen molar-refractivity contribution in [2.45, 2.75) is 31.7 Å². The van der Waals surface area contributed by atoms with Crippen LogP contribution in [0.1, 0.15) is 41.1 Å².